The molecule has 1 heterocycles. The van der Waals surface area contributed by atoms with Crippen molar-refractivity contribution >= 4 is 46.7 Å². The van der Waals surface area contributed by atoms with Gasteiger partial charge in [-0.1, -0.05) is 18.2 Å². The van der Waals surface area contributed by atoms with Crippen LogP contribution in [0.5, 0.6) is 0 Å². The van der Waals surface area contributed by atoms with Gasteiger partial charge in [0.2, 0.25) is 5.91 Å². The van der Waals surface area contributed by atoms with Crippen LogP contribution in [0.25, 0.3) is 0 Å². The van der Waals surface area contributed by atoms with E-state index in [0.717, 1.165) is 23.4 Å². The molecule has 0 N–H and O–H groups in total. The molecule has 2 nitrogen and oxygen atoms in total. The lowest BCUT2D eigenvalue weighted by molar-refractivity contribution is -0.116. The Bertz CT molecular complexity index is 455. The smallest absolute Gasteiger partial charge is 0.241 e. The van der Waals surface area contributed by atoms with E-state index in [4.69, 9.17) is 11.6 Å². The summed E-state index contributed by atoms with van der Waals surface area (Å²) in [5.74, 6) is 2.41. The van der Waals surface area contributed by atoms with Crippen molar-refractivity contribution in [2.75, 3.05) is 28.8 Å². The molecule has 0 aromatic heterocycles. The van der Waals surface area contributed by atoms with Gasteiger partial charge in [0, 0.05) is 12.2 Å². The third-order valence-corrected chi connectivity index (χ3v) is 6.49. The number of nitrogens with zero attached hydrogens (tertiary/aromatic N) is 1. The van der Waals surface area contributed by atoms with Gasteiger partial charge in [-0.2, -0.15) is 0 Å². The predicted octanol–water partition coefficient (Wildman–Crippen LogP) is 4.07. The average Bonchev–Trinajstić information content (AvgIpc) is 2.46. The Morgan fingerprint density at radius 2 is 1.90 bits per heavy atom. The maximum absolute atomic E-state index is 12.3. The zero-order valence-electron chi connectivity index (χ0n) is 11.9. The molecule has 1 fully saturated rings. The summed E-state index contributed by atoms with van der Waals surface area (Å²) in [4.78, 5) is 14.1. The molecule has 5 heteroatoms. The molecule has 0 saturated carbocycles. The Morgan fingerprint density at radius 1 is 1.30 bits per heavy atom. The van der Waals surface area contributed by atoms with E-state index in [1.807, 2.05) is 34.5 Å². The van der Waals surface area contributed by atoms with Crippen LogP contribution in [0.4, 0.5) is 5.69 Å². The highest BCUT2D eigenvalue weighted by atomic mass is 35.5. The molecule has 1 saturated heterocycles. The second kappa shape index (κ2) is 7.62. The van der Waals surface area contributed by atoms with Crippen LogP contribution in [0.2, 0.25) is 0 Å². The summed E-state index contributed by atoms with van der Waals surface area (Å²) in [6.07, 6.45) is 1.26. The van der Waals surface area contributed by atoms with E-state index in [0.29, 0.717) is 4.58 Å². The number of carbonyl (C=O) groups is 1. The molecule has 1 aromatic carbocycles. The van der Waals surface area contributed by atoms with Crippen molar-refractivity contribution < 1.29 is 4.79 Å². The molecule has 1 aliphatic rings. The summed E-state index contributed by atoms with van der Waals surface area (Å²) in [5.41, 5.74) is 3.30. The molecule has 0 radical (unpaired) electrons. The molecule has 1 aliphatic heterocycles. The molecule has 0 atom stereocenters. The number of aryl methyl sites for hydroxylation is 2. The first-order valence-electron chi connectivity index (χ1n) is 6.79. The van der Waals surface area contributed by atoms with Crippen LogP contribution in [-0.2, 0) is 4.79 Å². The van der Waals surface area contributed by atoms with Crippen molar-refractivity contribution in [3.63, 3.8) is 0 Å². The van der Waals surface area contributed by atoms with Gasteiger partial charge < -0.3 is 4.90 Å². The molecule has 0 bridgehead atoms. The lowest BCUT2D eigenvalue weighted by atomic mass is 10.1. The van der Waals surface area contributed by atoms with E-state index in [9.17, 15) is 4.79 Å². The van der Waals surface area contributed by atoms with Crippen molar-refractivity contribution in [3.05, 3.63) is 29.3 Å². The Labute approximate surface area is 134 Å². The lowest BCUT2D eigenvalue weighted by Crippen LogP contribution is -2.38. The summed E-state index contributed by atoms with van der Waals surface area (Å²) in [6, 6.07) is 6.14. The normalized spacial score (nSPS) is 16.1. The third-order valence-electron chi connectivity index (χ3n) is 3.35. The number of anilines is 1. The fraction of sp³-hybridized carbons (Fsp3) is 0.533. The zero-order chi connectivity index (χ0) is 14.5. The molecular weight excluding hydrogens is 310 g/mol. The monoisotopic (exact) mass is 329 g/mol. The quantitative estimate of drug-likeness (QED) is 0.777. The first-order chi connectivity index (χ1) is 9.63. The standard InChI is InChI=1S/C15H20ClNOS2/c1-11-5-3-6-12(2)15(11)17(13(18)9-16)10-14-19-7-4-8-20-14/h3,5-6,14H,4,7-10H2,1-2H3. The van der Waals surface area contributed by atoms with Gasteiger partial charge in [-0.3, -0.25) is 4.79 Å². The van der Waals surface area contributed by atoms with E-state index in [1.165, 1.54) is 17.9 Å². The minimum Gasteiger partial charge on any atom is -0.309 e. The summed E-state index contributed by atoms with van der Waals surface area (Å²) < 4.78 is 0.454. The number of amides is 1. The molecule has 2 rings (SSSR count). The van der Waals surface area contributed by atoms with E-state index in [1.54, 1.807) is 0 Å². The number of alkyl halides is 1. The zero-order valence-corrected chi connectivity index (χ0v) is 14.3. The molecular formula is C15H20ClNOS2. The molecule has 1 amide bonds. The van der Waals surface area contributed by atoms with Gasteiger partial charge in [0.05, 0.1) is 4.58 Å². The van der Waals surface area contributed by atoms with Gasteiger partial charge in [-0.05, 0) is 42.9 Å². The Morgan fingerprint density at radius 3 is 2.45 bits per heavy atom. The summed E-state index contributed by atoms with van der Waals surface area (Å²) in [7, 11) is 0. The number of para-hydroxylation sites is 1. The number of halogens is 1. The number of hydrogen-bond donors (Lipinski definition) is 0. The van der Waals surface area contributed by atoms with Crippen LogP contribution < -0.4 is 4.90 Å². The molecule has 20 heavy (non-hydrogen) atoms. The average molecular weight is 330 g/mol. The summed E-state index contributed by atoms with van der Waals surface area (Å²) >= 11 is 9.72. The summed E-state index contributed by atoms with van der Waals surface area (Å²) in [5, 5.41) is 0. The fourth-order valence-electron chi connectivity index (χ4n) is 2.41. The van der Waals surface area contributed by atoms with Crippen LogP contribution in [0.15, 0.2) is 18.2 Å². The van der Waals surface area contributed by atoms with Crippen molar-refractivity contribution in [1.82, 2.24) is 0 Å². The van der Waals surface area contributed by atoms with Gasteiger partial charge in [0.25, 0.3) is 0 Å². The van der Waals surface area contributed by atoms with Crippen LogP contribution in [0.1, 0.15) is 17.5 Å². The van der Waals surface area contributed by atoms with Crippen LogP contribution in [0.3, 0.4) is 0 Å². The highest BCUT2D eigenvalue weighted by molar-refractivity contribution is 8.17. The van der Waals surface area contributed by atoms with Gasteiger partial charge in [-0.25, -0.2) is 0 Å². The Hall–Kier alpha value is -0.320. The fourth-order valence-corrected chi connectivity index (χ4v) is 5.36. The van der Waals surface area contributed by atoms with Crippen LogP contribution in [-0.4, -0.2) is 34.4 Å². The number of rotatable bonds is 4. The molecule has 0 aliphatic carbocycles. The SMILES string of the molecule is Cc1cccc(C)c1N(CC1SCCCS1)C(=O)CCl. The second-order valence-corrected chi connectivity index (χ2v) is 8.09. The van der Waals surface area contributed by atoms with Crippen LogP contribution >= 0.6 is 35.1 Å². The molecule has 110 valence electrons. The van der Waals surface area contributed by atoms with E-state index >= 15 is 0 Å². The molecule has 1 aromatic rings. The number of carbonyl (C=O) groups excluding carboxylic acids is 1. The minimum atomic E-state index is -0.00385. The van der Waals surface area contributed by atoms with Crippen molar-refractivity contribution in [2.24, 2.45) is 0 Å². The van der Waals surface area contributed by atoms with E-state index in [-0.39, 0.29) is 11.8 Å². The molecule has 0 spiro atoms. The van der Waals surface area contributed by atoms with Gasteiger partial charge >= 0.3 is 0 Å². The van der Waals surface area contributed by atoms with Crippen molar-refractivity contribution in [2.45, 2.75) is 24.9 Å². The highest BCUT2D eigenvalue weighted by Gasteiger charge is 2.24. The van der Waals surface area contributed by atoms with Gasteiger partial charge in [-0.15, -0.1) is 35.1 Å². The third kappa shape index (κ3) is 3.86. The number of hydrogen-bond acceptors (Lipinski definition) is 3. The second-order valence-electron chi connectivity index (χ2n) is 4.90. The maximum Gasteiger partial charge on any atom is 0.241 e. The van der Waals surface area contributed by atoms with Crippen molar-refractivity contribution in [1.29, 1.82) is 0 Å². The first kappa shape index (κ1) is 16.1. The number of thioether (sulfide) groups is 2. The van der Waals surface area contributed by atoms with Crippen LogP contribution in [0, 0.1) is 13.8 Å². The first-order valence-corrected chi connectivity index (χ1v) is 9.42. The summed E-state index contributed by atoms with van der Waals surface area (Å²) in [6.45, 7) is 4.85. The van der Waals surface area contributed by atoms with E-state index in [2.05, 4.69) is 26.0 Å². The Balaban J connectivity index is 2.25. The maximum atomic E-state index is 12.3. The lowest BCUT2D eigenvalue weighted by Gasteiger charge is -2.30. The van der Waals surface area contributed by atoms with Gasteiger partial charge in [0.1, 0.15) is 5.88 Å². The van der Waals surface area contributed by atoms with E-state index < -0.39 is 0 Å². The minimum absolute atomic E-state index is 0.00385. The van der Waals surface area contributed by atoms with Crippen molar-refractivity contribution in [3.8, 4) is 0 Å². The van der Waals surface area contributed by atoms with Gasteiger partial charge in [0.15, 0.2) is 0 Å². The predicted molar refractivity (Wildman–Crippen MR) is 92.3 cm³/mol. The number of benzene rings is 1. The topological polar surface area (TPSA) is 20.3 Å². The largest absolute Gasteiger partial charge is 0.309 e. The molecule has 0 unspecified atom stereocenters. The highest BCUT2D eigenvalue weighted by Crippen LogP contribution is 2.34. The Kier molecular flexibility index (Phi) is 6.12.